The van der Waals surface area contributed by atoms with Gasteiger partial charge in [-0.15, -0.1) is 0 Å². The van der Waals surface area contributed by atoms with Crippen molar-refractivity contribution < 1.29 is 14.9 Å². The van der Waals surface area contributed by atoms with Crippen molar-refractivity contribution in [3.8, 4) is 5.75 Å². The fourth-order valence-corrected chi connectivity index (χ4v) is 2.73. The van der Waals surface area contributed by atoms with Crippen molar-refractivity contribution in [1.82, 2.24) is 0 Å². The highest BCUT2D eigenvalue weighted by molar-refractivity contribution is 5.50. The number of hydrogen-bond donors (Lipinski definition) is 3. The first-order chi connectivity index (χ1) is 12.5. The Kier molecular flexibility index (Phi) is 7.39. The van der Waals surface area contributed by atoms with Crippen LogP contribution in [0.1, 0.15) is 28.7 Å². The third-order valence-corrected chi connectivity index (χ3v) is 4.47. The monoisotopic (exact) mass is 355 g/mol. The van der Waals surface area contributed by atoms with Gasteiger partial charge >= 0.3 is 0 Å². The summed E-state index contributed by atoms with van der Waals surface area (Å²) in [7, 11) is 0. The summed E-state index contributed by atoms with van der Waals surface area (Å²) in [6.45, 7) is 4.15. The first-order valence-corrected chi connectivity index (χ1v) is 8.92. The Morgan fingerprint density at radius 1 is 1.08 bits per heavy atom. The molecule has 0 unspecified atom stereocenters. The van der Waals surface area contributed by atoms with Gasteiger partial charge in [0.25, 0.3) is 0 Å². The molecule has 0 fully saturated rings. The van der Waals surface area contributed by atoms with Crippen molar-refractivity contribution in [3.05, 3.63) is 70.8 Å². The van der Waals surface area contributed by atoms with Crippen molar-refractivity contribution in [2.75, 3.05) is 19.8 Å². The van der Waals surface area contributed by atoms with E-state index in [0.717, 1.165) is 16.9 Å². The van der Waals surface area contributed by atoms with E-state index in [2.05, 4.69) is 37.3 Å². The van der Waals surface area contributed by atoms with Gasteiger partial charge in [0.05, 0.1) is 18.8 Å². The highest BCUT2D eigenvalue weighted by Crippen LogP contribution is 2.21. The Balaban J connectivity index is 1.89. The average molecular weight is 355 g/mol. The summed E-state index contributed by atoms with van der Waals surface area (Å²) in [5, 5.41) is 18.5. The SMILES string of the molecule is Cc1cccc(/C=C/COc2ccc(CCC(N)(CO)CO)cc2C)c1. The minimum Gasteiger partial charge on any atom is -0.489 e. The lowest BCUT2D eigenvalue weighted by molar-refractivity contribution is 0.115. The number of aliphatic hydroxyl groups excluding tert-OH is 2. The Hall–Kier alpha value is -2.14. The number of aryl methyl sites for hydroxylation is 3. The van der Waals surface area contributed by atoms with E-state index in [1.54, 1.807) is 0 Å². The highest BCUT2D eigenvalue weighted by atomic mass is 16.5. The van der Waals surface area contributed by atoms with Gasteiger partial charge in [0.2, 0.25) is 0 Å². The van der Waals surface area contributed by atoms with E-state index in [4.69, 9.17) is 10.5 Å². The first-order valence-electron chi connectivity index (χ1n) is 8.92. The number of nitrogens with two attached hydrogens (primary N) is 1. The number of ether oxygens (including phenoxy) is 1. The van der Waals surface area contributed by atoms with Gasteiger partial charge < -0.3 is 20.7 Å². The van der Waals surface area contributed by atoms with Crippen LogP contribution >= 0.6 is 0 Å². The summed E-state index contributed by atoms with van der Waals surface area (Å²) in [4.78, 5) is 0. The average Bonchev–Trinajstić information content (AvgIpc) is 2.64. The maximum Gasteiger partial charge on any atom is 0.122 e. The second-order valence-electron chi connectivity index (χ2n) is 6.91. The molecule has 0 spiro atoms. The summed E-state index contributed by atoms with van der Waals surface area (Å²) in [5.41, 5.74) is 9.57. The molecule has 4 N–H and O–H groups in total. The molecule has 0 aliphatic heterocycles. The van der Waals surface area contributed by atoms with Crippen molar-refractivity contribution in [1.29, 1.82) is 0 Å². The van der Waals surface area contributed by atoms with Gasteiger partial charge in [-0.25, -0.2) is 0 Å². The number of hydrogen-bond acceptors (Lipinski definition) is 4. The van der Waals surface area contributed by atoms with Crippen molar-refractivity contribution >= 4 is 6.08 Å². The van der Waals surface area contributed by atoms with Gasteiger partial charge in [0, 0.05) is 0 Å². The minimum atomic E-state index is -0.927. The van der Waals surface area contributed by atoms with Crippen LogP contribution in [0.3, 0.4) is 0 Å². The second kappa shape index (κ2) is 9.53. The molecule has 0 bridgehead atoms. The van der Waals surface area contributed by atoms with Crippen molar-refractivity contribution in [2.45, 2.75) is 32.2 Å². The maximum atomic E-state index is 9.27. The molecule has 26 heavy (non-hydrogen) atoms. The molecule has 0 heterocycles. The molecule has 0 amide bonds. The highest BCUT2D eigenvalue weighted by Gasteiger charge is 2.22. The fourth-order valence-electron chi connectivity index (χ4n) is 2.73. The lowest BCUT2D eigenvalue weighted by atomic mass is 9.93. The smallest absolute Gasteiger partial charge is 0.122 e. The molecule has 0 aromatic heterocycles. The predicted octanol–water partition coefficient (Wildman–Crippen LogP) is 3.01. The van der Waals surface area contributed by atoms with E-state index in [-0.39, 0.29) is 13.2 Å². The summed E-state index contributed by atoms with van der Waals surface area (Å²) < 4.78 is 5.84. The zero-order valence-electron chi connectivity index (χ0n) is 15.6. The van der Waals surface area contributed by atoms with E-state index in [9.17, 15) is 10.2 Å². The molecule has 2 rings (SSSR count). The van der Waals surface area contributed by atoms with Crippen LogP contribution in [0.5, 0.6) is 5.75 Å². The van der Waals surface area contributed by atoms with Gasteiger partial charge in [-0.1, -0.05) is 48.0 Å². The van der Waals surface area contributed by atoms with Crippen LogP contribution in [0, 0.1) is 13.8 Å². The zero-order chi connectivity index (χ0) is 19.0. The van der Waals surface area contributed by atoms with Crippen LogP contribution in [-0.4, -0.2) is 35.6 Å². The summed E-state index contributed by atoms with van der Waals surface area (Å²) in [5.74, 6) is 0.853. The summed E-state index contributed by atoms with van der Waals surface area (Å²) in [6, 6.07) is 14.3. The van der Waals surface area contributed by atoms with Crippen molar-refractivity contribution in [3.63, 3.8) is 0 Å². The predicted molar refractivity (Wildman–Crippen MR) is 106 cm³/mol. The van der Waals surface area contributed by atoms with Gasteiger partial charge in [0.15, 0.2) is 0 Å². The van der Waals surface area contributed by atoms with E-state index in [0.29, 0.717) is 19.4 Å². The third-order valence-electron chi connectivity index (χ3n) is 4.47. The fraction of sp³-hybridized carbons (Fsp3) is 0.364. The molecule has 2 aromatic carbocycles. The maximum absolute atomic E-state index is 9.27. The molecular weight excluding hydrogens is 326 g/mol. The van der Waals surface area contributed by atoms with E-state index >= 15 is 0 Å². The molecule has 0 aliphatic carbocycles. The van der Waals surface area contributed by atoms with Gasteiger partial charge in [-0.05, 0) is 55.5 Å². The summed E-state index contributed by atoms with van der Waals surface area (Å²) >= 11 is 0. The topological polar surface area (TPSA) is 75.7 Å². The number of rotatable bonds is 9. The van der Waals surface area contributed by atoms with Crippen LogP contribution in [0.2, 0.25) is 0 Å². The Labute approximate surface area is 155 Å². The second-order valence-corrected chi connectivity index (χ2v) is 6.91. The minimum absolute atomic E-state index is 0.225. The van der Waals surface area contributed by atoms with E-state index in [1.807, 2.05) is 31.2 Å². The molecule has 0 saturated carbocycles. The van der Waals surface area contributed by atoms with Crippen LogP contribution in [0.25, 0.3) is 6.08 Å². The molecule has 2 aromatic rings. The molecule has 0 radical (unpaired) electrons. The Bertz CT molecular complexity index is 736. The lowest BCUT2D eigenvalue weighted by Gasteiger charge is -2.24. The molecule has 4 heteroatoms. The molecular formula is C22H29NO3. The standard InChI is InChI=1S/C22H29NO3/c1-17-5-3-6-19(13-17)7-4-12-26-21-9-8-20(14-18(21)2)10-11-22(23,15-24)16-25/h3-9,13-14,24-25H,10-12,15-16,23H2,1-2H3/b7-4+. The van der Waals surface area contributed by atoms with Crippen LogP contribution in [-0.2, 0) is 6.42 Å². The lowest BCUT2D eigenvalue weighted by Crippen LogP contribution is -2.47. The van der Waals surface area contributed by atoms with Gasteiger partial charge in [-0.2, -0.15) is 0 Å². The molecule has 0 atom stereocenters. The number of benzene rings is 2. The van der Waals surface area contributed by atoms with Gasteiger partial charge in [0.1, 0.15) is 12.4 Å². The molecule has 0 aliphatic rings. The van der Waals surface area contributed by atoms with Crippen LogP contribution in [0.15, 0.2) is 48.5 Å². The Morgan fingerprint density at radius 2 is 1.85 bits per heavy atom. The summed E-state index contributed by atoms with van der Waals surface area (Å²) in [6.07, 6.45) is 5.29. The van der Waals surface area contributed by atoms with Crippen molar-refractivity contribution in [2.24, 2.45) is 5.73 Å². The van der Waals surface area contributed by atoms with Gasteiger partial charge in [-0.3, -0.25) is 0 Å². The van der Waals surface area contributed by atoms with Crippen LogP contribution in [0.4, 0.5) is 0 Å². The van der Waals surface area contributed by atoms with Crippen LogP contribution < -0.4 is 10.5 Å². The largest absolute Gasteiger partial charge is 0.489 e. The van der Waals surface area contributed by atoms with E-state index < -0.39 is 5.54 Å². The molecule has 4 nitrogen and oxygen atoms in total. The quantitative estimate of drug-likeness (QED) is 0.646. The van der Waals surface area contributed by atoms with E-state index in [1.165, 1.54) is 11.1 Å². The third kappa shape index (κ3) is 5.99. The molecule has 140 valence electrons. The molecule has 0 saturated heterocycles. The number of aliphatic hydroxyl groups is 2. The normalized spacial score (nSPS) is 11.9. The first kappa shape index (κ1) is 20.2. The zero-order valence-corrected chi connectivity index (χ0v) is 15.6. The Morgan fingerprint density at radius 3 is 2.50 bits per heavy atom.